The molecule has 3 aromatic rings. The van der Waals surface area contributed by atoms with Crippen LogP contribution in [0, 0.1) is 11.6 Å². The molecule has 0 unspecified atom stereocenters. The molecular formula is C16H11F2NO3. The van der Waals surface area contributed by atoms with Crippen LogP contribution >= 0.6 is 0 Å². The Morgan fingerprint density at radius 2 is 1.86 bits per heavy atom. The molecule has 22 heavy (non-hydrogen) atoms. The van der Waals surface area contributed by atoms with Crippen LogP contribution in [0.5, 0.6) is 5.75 Å². The van der Waals surface area contributed by atoms with E-state index >= 15 is 0 Å². The molecule has 0 aliphatic heterocycles. The van der Waals surface area contributed by atoms with Gasteiger partial charge in [0, 0.05) is 11.9 Å². The fourth-order valence-electron chi connectivity index (χ4n) is 2.44. The van der Waals surface area contributed by atoms with Crippen LogP contribution in [-0.4, -0.2) is 20.7 Å². The lowest BCUT2D eigenvalue weighted by molar-refractivity contribution is 0.0686. The summed E-state index contributed by atoms with van der Waals surface area (Å²) in [6.07, 6.45) is 0. The Bertz CT molecular complexity index is 886. The van der Waals surface area contributed by atoms with E-state index in [0.29, 0.717) is 16.5 Å². The molecule has 0 bridgehead atoms. The second kappa shape index (κ2) is 5.14. The average molecular weight is 303 g/mol. The zero-order valence-corrected chi connectivity index (χ0v) is 11.3. The number of aromatic hydroxyl groups is 1. The summed E-state index contributed by atoms with van der Waals surface area (Å²) in [5, 5.41) is 19.5. The molecule has 0 atom stereocenters. The summed E-state index contributed by atoms with van der Waals surface area (Å²) in [6.45, 7) is 0.0474. The molecule has 6 heteroatoms. The molecule has 2 N–H and O–H groups in total. The maximum absolute atomic E-state index is 13.3. The molecule has 1 aromatic heterocycles. The number of hydrogen-bond acceptors (Lipinski definition) is 2. The number of aromatic nitrogens is 1. The number of aromatic carboxylic acids is 1. The lowest BCUT2D eigenvalue weighted by Gasteiger charge is -2.09. The van der Waals surface area contributed by atoms with E-state index in [1.165, 1.54) is 22.8 Å². The highest BCUT2D eigenvalue weighted by Crippen LogP contribution is 2.28. The van der Waals surface area contributed by atoms with Crippen molar-refractivity contribution in [3.05, 3.63) is 65.4 Å². The number of hydrogen-bond donors (Lipinski definition) is 2. The normalized spacial score (nSPS) is 11.0. The van der Waals surface area contributed by atoms with Gasteiger partial charge in [-0.15, -0.1) is 0 Å². The monoisotopic (exact) mass is 303 g/mol. The Hall–Kier alpha value is -2.89. The molecule has 3 rings (SSSR count). The quantitative estimate of drug-likeness (QED) is 0.780. The number of rotatable bonds is 3. The predicted molar refractivity (Wildman–Crippen MR) is 76.0 cm³/mol. The van der Waals surface area contributed by atoms with Crippen molar-refractivity contribution in [3.63, 3.8) is 0 Å². The Balaban J connectivity index is 2.16. The maximum atomic E-state index is 13.3. The van der Waals surface area contributed by atoms with E-state index in [4.69, 9.17) is 0 Å². The van der Waals surface area contributed by atoms with Crippen molar-refractivity contribution in [2.75, 3.05) is 0 Å². The van der Waals surface area contributed by atoms with Crippen molar-refractivity contribution < 1.29 is 23.8 Å². The minimum Gasteiger partial charge on any atom is -0.507 e. The van der Waals surface area contributed by atoms with Gasteiger partial charge < -0.3 is 14.8 Å². The van der Waals surface area contributed by atoms with E-state index in [-0.39, 0.29) is 18.0 Å². The zero-order chi connectivity index (χ0) is 15.9. The molecule has 0 spiro atoms. The number of phenols is 1. The molecule has 2 aromatic carbocycles. The van der Waals surface area contributed by atoms with Crippen LogP contribution < -0.4 is 0 Å². The molecule has 0 saturated heterocycles. The van der Waals surface area contributed by atoms with Crippen molar-refractivity contribution in [1.29, 1.82) is 0 Å². The summed E-state index contributed by atoms with van der Waals surface area (Å²) in [4.78, 5) is 11.4. The standard InChI is InChI=1S/C16H11F2NO3/c17-11-5-4-9(6-12(11)18)8-19-13-2-1-3-15(20)10(13)7-14(19)16(21)22/h1-7,20H,8H2,(H,21,22). The molecule has 4 nitrogen and oxygen atoms in total. The van der Waals surface area contributed by atoms with E-state index in [1.807, 2.05) is 0 Å². The van der Waals surface area contributed by atoms with Gasteiger partial charge >= 0.3 is 5.97 Å². The SMILES string of the molecule is O=C(O)c1cc2c(O)cccc2n1Cc1ccc(F)c(F)c1. The van der Waals surface area contributed by atoms with E-state index in [0.717, 1.165) is 12.1 Å². The van der Waals surface area contributed by atoms with E-state index in [1.54, 1.807) is 12.1 Å². The van der Waals surface area contributed by atoms with E-state index < -0.39 is 17.6 Å². The van der Waals surface area contributed by atoms with E-state index in [2.05, 4.69) is 0 Å². The minimum absolute atomic E-state index is 0.0379. The van der Waals surface area contributed by atoms with Gasteiger partial charge in [0.15, 0.2) is 11.6 Å². The van der Waals surface area contributed by atoms with Crippen molar-refractivity contribution in [3.8, 4) is 5.75 Å². The first kappa shape index (κ1) is 14.1. The average Bonchev–Trinajstić information content (AvgIpc) is 2.84. The number of carboxylic acids is 1. The summed E-state index contributed by atoms with van der Waals surface area (Å²) in [6, 6.07) is 9.46. The first-order valence-electron chi connectivity index (χ1n) is 6.46. The Morgan fingerprint density at radius 1 is 1.09 bits per heavy atom. The first-order chi connectivity index (χ1) is 10.5. The number of carbonyl (C=O) groups is 1. The zero-order valence-electron chi connectivity index (χ0n) is 11.3. The minimum atomic E-state index is -1.17. The first-order valence-corrected chi connectivity index (χ1v) is 6.46. The molecule has 0 fully saturated rings. The second-order valence-corrected chi connectivity index (χ2v) is 4.88. The van der Waals surface area contributed by atoms with Gasteiger partial charge in [0.25, 0.3) is 0 Å². The highest BCUT2D eigenvalue weighted by Gasteiger charge is 2.17. The van der Waals surface area contributed by atoms with Crippen LogP contribution in [0.2, 0.25) is 0 Å². The van der Waals surface area contributed by atoms with Gasteiger partial charge in [-0.05, 0) is 35.9 Å². The number of benzene rings is 2. The molecule has 0 radical (unpaired) electrons. The molecule has 0 aliphatic rings. The van der Waals surface area contributed by atoms with Crippen molar-refractivity contribution in [2.45, 2.75) is 6.54 Å². The summed E-state index contributed by atoms with van der Waals surface area (Å²) in [5.41, 5.74) is 0.880. The van der Waals surface area contributed by atoms with Gasteiger partial charge in [-0.25, -0.2) is 13.6 Å². The molecule has 0 amide bonds. The maximum Gasteiger partial charge on any atom is 0.352 e. The fourth-order valence-corrected chi connectivity index (χ4v) is 2.44. The number of halogens is 2. The highest BCUT2D eigenvalue weighted by atomic mass is 19.2. The summed E-state index contributed by atoms with van der Waals surface area (Å²) < 4.78 is 27.7. The van der Waals surface area contributed by atoms with Crippen LogP contribution in [0.4, 0.5) is 8.78 Å². The summed E-state index contributed by atoms with van der Waals surface area (Å²) >= 11 is 0. The van der Waals surface area contributed by atoms with Gasteiger partial charge in [0.2, 0.25) is 0 Å². The van der Waals surface area contributed by atoms with Crippen LogP contribution in [0.15, 0.2) is 42.5 Å². The topological polar surface area (TPSA) is 62.5 Å². The number of phenolic OH excluding ortho intramolecular Hbond substituents is 1. The third-order valence-electron chi connectivity index (χ3n) is 3.47. The fraction of sp³-hybridized carbons (Fsp3) is 0.0625. The van der Waals surface area contributed by atoms with Gasteiger partial charge in [-0.2, -0.15) is 0 Å². The van der Waals surface area contributed by atoms with Gasteiger partial charge in [-0.1, -0.05) is 12.1 Å². The van der Waals surface area contributed by atoms with Crippen LogP contribution in [0.1, 0.15) is 16.1 Å². The van der Waals surface area contributed by atoms with Crippen LogP contribution in [0.25, 0.3) is 10.9 Å². The third-order valence-corrected chi connectivity index (χ3v) is 3.47. The van der Waals surface area contributed by atoms with Crippen molar-refractivity contribution in [1.82, 2.24) is 4.57 Å². The third kappa shape index (κ3) is 2.28. The Morgan fingerprint density at radius 3 is 2.55 bits per heavy atom. The molecule has 0 saturated carbocycles. The number of nitrogens with zero attached hydrogens (tertiary/aromatic N) is 1. The largest absolute Gasteiger partial charge is 0.507 e. The van der Waals surface area contributed by atoms with Crippen LogP contribution in [0.3, 0.4) is 0 Å². The number of carboxylic acid groups (broad SMARTS) is 1. The van der Waals surface area contributed by atoms with Gasteiger partial charge in [0.1, 0.15) is 11.4 Å². The predicted octanol–water partition coefficient (Wildman–Crippen LogP) is 3.37. The second-order valence-electron chi connectivity index (χ2n) is 4.88. The van der Waals surface area contributed by atoms with Crippen molar-refractivity contribution >= 4 is 16.9 Å². The smallest absolute Gasteiger partial charge is 0.352 e. The Labute approximate surface area is 123 Å². The summed E-state index contributed by atoms with van der Waals surface area (Å²) in [5.74, 6) is -3.16. The lowest BCUT2D eigenvalue weighted by Crippen LogP contribution is -2.09. The molecular weight excluding hydrogens is 292 g/mol. The molecule has 112 valence electrons. The van der Waals surface area contributed by atoms with Gasteiger partial charge in [0.05, 0.1) is 5.52 Å². The Kier molecular flexibility index (Phi) is 3.29. The number of fused-ring (bicyclic) bond motifs is 1. The van der Waals surface area contributed by atoms with E-state index in [9.17, 15) is 23.8 Å². The molecule has 1 heterocycles. The highest BCUT2D eigenvalue weighted by molar-refractivity contribution is 5.97. The lowest BCUT2D eigenvalue weighted by atomic mass is 10.2. The van der Waals surface area contributed by atoms with Crippen LogP contribution in [-0.2, 0) is 6.54 Å². The van der Waals surface area contributed by atoms with Gasteiger partial charge in [-0.3, -0.25) is 0 Å². The molecule has 0 aliphatic carbocycles. The summed E-state index contributed by atoms with van der Waals surface area (Å²) in [7, 11) is 0. The van der Waals surface area contributed by atoms with Crippen molar-refractivity contribution in [2.24, 2.45) is 0 Å².